The molecule has 9 heteroatoms. The van der Waals surface area contributed by atoms with Gasteiger partial charge in [0.2, 0.25) is 5.90 Å². The molecule has 2 atom stereocenters. The van der Waals surface area contributed by atoms with Gasteiger partial charge in [-0.3, -0.25) is 15.6 Å². The zero-order valence-electron chi connectivity index (χ0n) is 20.0. The van der Waals surface area contributed by atoms with Gasteiger partial charge in [0.1, 0.15) is 5.75 Å². The summed E-state index contributed by atoms with van der Waals surface area (Å²) in [7, 11) is 0. The largest absolute Gasteiger partial charge is 0.494 e. The molecule has 4 rings (SSSR count). The Morgan fingerprint density at radius 2 is 1.89 bits per heavy atom. The minimum absolute atomic E-state index is 0.0595. The number of ether oxygens (including phenoxy) is 2. The number of anilines is 1. The smallest absolute Gasteiger partial charge is 0.270 e. The van der Waals surface area contributed by atoms with E-state index in [0.717, 1.165) is 0 Å². The quantitative estimate of drug-likeness (QED) is 0.164. The maximum atomic E-state index is 13.8. The van der Waals surface area contributed by atoms with E-state index in [2.05, 4.69) is 17.4 Å². The van der Waals surface area contributed by atoms with Gasteiger partial charge >= 0.3 is 0 Å². The van der Waals surface area contributed by atoms with Crippen molar-refractivity contribution < 1.29 is 19.4 Å². The normalized spacial score (nSPS) is 18.5. The van der Waals surface area contributed by atoms with Crippen molar-refractivity contribution in [2.45, 2.75) is 24.5 Å². The molecule has 0 aliphatic carbocycles. The summed E-state index contributed by atoms with van der Waals surface area (Å²) < 4.78 is 12.0. The minimum atomic E-state index is -1.40. The number of amides is 1. The van der Waals surface area contributed by atoms with Crippen LogP contribution in [0.1, 0.15) is 30.1 Å². The second-order valence-electron chi connectivity index (χ2n) is 8.39. The number of nitrogens with zero attached hydrogens (tertiary/aromatic N) is 1. The molecule has 1 aliphatic rings. The second-order valence-corrected chi connectivity index (χ2v) is 9.24. The van der Waals surface area contributed by atoms with E-state index in [4.69, 9.17) is 42.8 Å². The number of aliphatic hydroxyl groups excluding tert-OH is 1. The summed E-state index contributed by atoms with van der Waals surface area (Å²) in [4.78, 5) is 18.6. The SMILES string of the molecule is C=CC[C@]1(C(=O)NNc2ccccc2)N=C(c2ccc(OCCCO)cc2)O[C@H]1c1ccc(Cl)cc1Cl. The number of carbonyl (C=O) groups excluding carboxylic acids is 1. The van der Waals surface area contributed by atoms with Gasteiger partial charge < -0.3 is 14.6 Å². The molecule has 0 bridgehead atoms. The maximum Gasteiger partial charge on any atom is 0.270 e. The van der Waals surface area contributed by atoms with Crippen molar-refractivity contribution in [1.29, 1.82) is 0 Å². The first-order valence-electron chi connectivity index (χ1n) is 11.7. The zero-order chi connectivity index (χ0) is 26.3. The molecule has 0 unspecified atom stereocenters. The van der Waals surface area contributed by atoms with Crippen molar-refractivity contribution in [3.8, 4) is 5.75 Å². The summed E-state index contributed by atoms with van der Waals surface area (Å²) in [6.07, 6.45) is 1.51. The molecule has 3 N–H and O–H groups in total. The Bertz CT molecular complexity index is 1270. The fraction of sp³-hybridized carbons (Fsp3) is 0.214. The number of aliphatic hydroxyl groups is 1. The van der Waals surface area contributed by atoms with Crippen LogP contribution in [0.3, 0.4) is 0 Å². The number of hydrogen-bond acceptors (Lipinski definition) is 6. The summed E-state index contributed by atoms with van der Waals surface area (Å²) in [5.74, 6) is 0.524. The Morgan fingerprint density at radius 3 is 2.57 bits per heavy atom. The number of hydrazine groups is 1. The molecule has 37 heavy (non-hydrogen) atoms. The Balaban J connectivity index is 1.69. The van der Waals surface area contributed by atoms with Crippen molar-refractivity contribution >= 4 is 40.7 Å². The number of halogens is 2. The van der Waals surface area contributed by atoms with E-state index >= 15 is 0 Å². The average Bonchev–Trinajstić information content (AvgIpc) is 3.29. The van der Waals surface area contributed by atoms with E-state index in [1.807, 2.05) is 30.3 Å². The summed E-state index contributed by atoms with van der Waals surface area (Å²) in [6.45, 7) is 4.33. The molecule has 0 aromatic heterocycles. The number of carbonyl (C=O) groups is 1. The molecule has 1 aliphatic heterocycles. The molecule has 1 heterocycles. The topological polar surface area (TPSA) is 92.2 Å². The fourth-order valence-electron chi connectivity index (χ4n) is 3.98. The van der Waals surface area contributed by atoms with E-state index < -0.39 is 17.6 Å². The Hall–Kier alpha value is -3.52. The predicted octanol–water partition coefficient (Wildman–Crippen LogP) is 5.73. The van der Waals surface area contributed by atoms with Gasteiger partial charge in [0, 0.05) is 40.6 Å². The van der Waals surface area contributed by atoms with E-state index in [0.29, 0.717) is 45.6 Å². The highest BCUT2D eigenvalue weighted by molar-refractivity contribution is 6.35. The Labute approximate surface area is 225 Å². The third-order valence-corrected chi connectivity index (χ3v) is 6.39. The van der Waals surface area contributed by atoms with Crippen LogP contribution >= 0.6 is 23.2 Å². The molecule has 0 saturated carbocycles. The molecular formula is C28H27Cl2N3O4. The van der Waals surface area contributed by atoms with E-state index in [1.165, 1.54) is 0 Å². The van der Waals surface area contributed by atoms with Crippen LogP contribution < -0.4 is 15.6 Å². The number of rotatable bonds is 11. The number of para-hydroxylation sites is 1. The number of hydrogen-bond donors (Lipinski definition) is 3. The summed E-state index contributed by atoms with van der Waals surface area (Å²) in [5, 5.41) is 9.78. The number of aliphatic imine (C=N–C) groups is 1. The van der Waals surface area contributed by atoms with E-state index in [-0.39, 0.29) is 18.9 Å². The monoisotopic (exact) mass is 539 g/mol. The standard InChI is InChI=1S/C28H27Cl2N3O4/c1-2-15-28(27(35)33-32-21-7-4-3-5-8-21)25(23-14-11-20(29)18-24(23)30)37-26(31-28)19-9-12-22(13-10-19)36-17-6-16-34/h2-5,7-14,18,25,32,34H,1,6,15-17H2,(H,33,35)/t25-,28-/m0/s1. The van der Waals surface area contributed by atoms with Gasteiger partial charge in [0.15, 0.2) is 11.6 Å². The lowest BCUT2D eigenvalue weighted by molar-refractivity contribution is -0.128. The molecule has 7 nitrogen and oxygen atoms in total. The highest BCUT2D eigenvalue weighted by atomic mass is 35.5. The van der Waals surface area contributed by atoms with Crippen LogP contribution in [-0.4, -0.2) is 35.7 Å². The van der Waals surface area contributed by atoms with Crippen molar-refractivity contribution in [2.24, 2.45) is 4.99 Å². The minimum Gasteiger partial charge on any atom is -0.494 e. The van der Waals surface area contributed by atoms with Crippen LogP contribution in [0.4, 0.5) is 5.69 Å². The highest BCUT2D eigenvalue weighted by Gasteiger charge is 2.53. The van der Waals surface area contributed by atoms with Gasteiger partial charge in [-0.25, -0.2) is 4.99 Å². The lowest BCUT2D eigenvalue weighted by atomic mass is 9.84. The predicted molar refractivity (Wildman–Crippen MR) is 146 cm³/mol. The van der Waals surface area contributed by atoms with Gasteiger partial charge in [-0.1, -0.05) is 53.5 Å². The molecule has 0 saturated heterocycles. The second kappa shape index (κ2) is 12.1. The first kappa shape index (κ1) is 26.5. The van der Waals surface area contributed by atoms with Crippen molar-refractivity contribution in [3.63, 3.8) is 0 Å². The number of nitrogens with one attached hydrogen (secondary N) is 2. The van der Waals surface area contributed by atoms with Crippen molar-refractivity contribution in [3.05, 3.63) is 107 Å². The first-order chi connectivity index (χ1) is 18.0. The maximum absolute atomic E-state index is 13.8. The fourth-order valence-corrected chi connectivity index (χ4v) is 4.49. The van der Waals surface area contributed by atoms with Crippen LogP contribution in [0.15, 0.2) is 90.4 Å². The van der Waals surface area contributed by atoms with Gasteiger partial charge in [-0.2, -0.15) is 0 Å². The molecule has 0 fully saturated rings. The van der Waals surface area contributed by atoms with Crippen LogP contribution in [0.2, 0.25) is 10.0 Å². The zero-order valence-corrected chi connectivity index (χ0v) is 21.5. The van der Waals surface area contributed by atoms with Crippen LogP contribution in [0, 0.1) is 0 Å². The molecule has 192 valence electrons. The summed E-state index contributed by atoms with van der Waals surface area (Å²) >= 11 is 12.7. The molecular weight excluding hydrogens is 513 g/mol. The Morgan fingerprint density at radius 1 is 1.14 bits per heavy atom. The molecule has 1 amide bonds. The number of benzene rings is 3. The van der Waals surface area contributed by atoms with Gasteiger partial charge in [0.05, 0.1) is 12.3 Å². The van der Waals surface area contributed by atoms with Crippen LogP contribution in [0.5, 0.6) is 5.75 Å². The first-order valence-corrected chi connectivity index (χ1v) is 12.5. The lowest BCUT2D eigenvalue weighted by Gasteiger charge is -2.30. The molecule has 0 spiro atoms. The van der Waals surface area contributed by atoms with Crippen molar-refractivity contribution in [2.75, 3.05) is 18.6 Å². The summed E-state index contributed by atoms with van der Waals surface area (Å²) in [6, 6.07) is 21.5. The molecule has 0 radical (unpaired) electrons. The van der Waals surface area contributed by atoms with E-state index in [9.17, 15) is 4.79 Å². The van der Waals surface area contributed by atoms with Crippen LogP contribution in [0.25, 0.3) is 0 Å². The van der Waals surface area contributed by atoms with Gasteiger partial charge in [0.25, 0.3) is 5.91 Å². The molecule has 3 aromatic carbocycles. The van der Waals surface area contributed by atoms with E-state index in [1.54, 1.807) is 48.5 Å². The van der Waals surface area contributed by atoms with Gasteiger partial charge in [-0.15, -0.1) is 6.58 Å². The Kier molecular flexibility index (Phi) is 8.71. The van der Waals surface area contributed by atoms with Crippen molar-refractivity contribution in [1.82, 2.24) is 5.43 Å². The van der Waals surface area contributed by atoms with Crippen LogP contribution in [-0.2, 0) is 9.53 Å². The third kappa shape index (κ3) is 6.07. The molecule has 3 aromatic rings. The average molecular weight is 540 g/mol. The third-order valence-electron chi connectivity index (χ3n) is 5.82. The summed E-state index contributed by atoms with van der Waals surface area (Å²) in [5.41, 5.74) is 6.27. The lowest BCUT2D eigenvalue weighted by Crippen LogP contribution is -2.49. The van der Waals surface area contributed by atoms with Gasteiger partial charge in [-0.05, 0) is 48.5 Å². The highest BCUT2D eigenvalue weighted by Crippen LogP contribution is 2.45.